The van der Waals surface area contributed by atoms with E-state index in [0.29, 0.717) is 0 Å². The minimum Gasteiger partial charge on any atom is -0.355 e. The number of allylic oxidation sites excluding steroid dienone is 2. The third kappa shape index (κ3) is 8.61. The van der Waals surface area contributed by atoms with E-state index in [9.17, 15) is 0 Å². The molecule has 0 radical (unpaired) electrons. The Kier molecular flexibility index (Phi) is 12.7. The van der Waals surface area contributed by atoms with Crippen LogP contribution >= 0.6 is 0 Å². The quantitative estimate of drug-likeness (QED) is 0.513. The third-order valence-electron chi connectivity index (χ3n) is 4.08. The van der Waals surface area contributed by atoms with Gasteiger partial charge in [0, 0.05) is 16.9 Å². The Morgan fingerprint density at radius 2 is 1.57 bits per heavy atom. The summed E-state index contributed by atoms with van der Waals surface area (Å²) in [7, 11) is 0. The summed E-state index contributed by atoms with van der Waals surface area (Å²) in [5, 5.41) is 3.61. The number of nitrogens with one attached hydrogen (secondary N) is 1. The average molecular weight is 380 g/mol. The second-order valence-corrected chi connectivity index (χ2v) is 7.44. The van der Waals surface area contributed by atoms with E-state index in [4.69, 9.17) is 0 Å². The molecule has 1 nitrogen and oxygen atoms in total. The highest BCUT2D eigenvalue weighted by atomic mass is 14.9. The highest BCUT2D eigenvalue weighted by molar-refractivity contribution is 5.82. The van der Waals surface area contributed by atoms with Gasteiger partial charge in [0.2, 0.25) is 0 Å². The molecule has 1 N–H and O–H groups in total. The first kappa shape index (κ1) is 25.7. The Morgan fingerprint density at radius 3 is 2.07 bits per heavy atom. The Balaban J connectivity index is 0.00000108. The highest BCUT2D eigenvalue weighted by Crippen LogP contribution is 2.27. The standard InChI is InChI=1S/C21H25N.C4H10.C2H6/c1-6-15(3)21(22-20-11-9-8-10-17(20)5)19-14-18(7-2)13-12-16(19)4;1-4(2)3;1-2/h6,8-14,22H,1,7H2,2-5H3;4H,1-3H3;1-2H3/b21-15+;;. The SMILES string of the molecule is C=C/C(C)=C(/Nc1ccccc1C)c1cc(CC)ccc1C.CC.CC(C)C. The van der Waals surface area contributed by atoms with E-state index in [0.717, 1.165) is 29.3 Å². The lowest BCUT2D eigenvalue weighted by Gasteiger charge is -2.18. The van der Waals surface area contributed by atoms with Gasteiger partial charge in [0.1, 0.15) is 0 Å². The molecule has 154 valence electrons. The van der Waals surface area contributed by atoms with Crippen molar-refractivity contribution in [1.29, 1.82) is 0 Å². The summed E-state index contributed by atoms with van der Waals surface area (Å²) in [6.07, 6.45) is 2.96. The second kappa shape index (κ2) is 13.8. The fourth-order valence-corrected chi connectivity index (χ4v) is 2.49. The number of hydrogen-bond acceptors (Lipinski definition) is 1. The largest absolute Gasteiger partial charge is 0.355 e. The van der Waals surface area contributed by atoms with Crippen LogP contribution in [0.5, 0.6) is 0 Å². The molecule has 0 fully saturated rings. The molecule has 0 aliphatic rings. The molecular weight excluding hydrogens is 338 g/mol. The number of hydrogen-bond donors (Lipinski definition) is 1. The first-order chi connectivity index (χ1) is 13.3. The molecule has 0 amide bonds. The Labute approximate surface area is 174 Å². The highest BCUT2D eigenvalue weighted by Gasteiger charge is 2.10. The molecule has 2 aromatic carbocycles. The van der Waals surface area contributed by atoms with Gasteiger partial charge in [-0.1, -0.05) is 84.5 Å². The van der Waals surface area contributed by atoms with Gasteiger partial charge in [-0.25, -0.2) is 0 Å². The van der Waals surface area contributed by atoms with E-state index in [1.807, 2.05) is 19.9 Å². The lowest BCUT2D eigenvalue weighted by molar-refractivity contribution is 0.737. The van der Waals surface area contributed by atoms with Crippen molar-refractivity contribution in [3.05, 3.63) is 82.9 Å². The topological polar surface area (TPSA) is 12.0 Å². The van der Waals surface area contributed by atoms with E-state index >= 15 is 0 Å². The Hall–Kier alpha value is -2.28. The smallest absolute Gasteiger partial charge is 0.0490 e. The van der Waals surface area contributed by atoms with Crippen molar-refractivity contribution in [3.63, 3.8) is 0 Å². The maximum atomic E-state index is 3.95. The summed E-state index contributed by atoms with van der Waals surface area (Å²) in [5.74, 6) is 0.833. The molecule has 28 heavy (non-hydrogen) atoms. The number of anilines is 1. The van der Waals surface area contributed by atoms with Gasteiger partial charge in [-0.2, -0.15) is 0 Å². The van der Waals surface area contributed by atoms with Crippen LogP contribution in [0.25, 0.3) is 5.70 Å². The predicted molar refractivity (Wildman–Crippen MR) is 130 cm³/mol. The molecule has 2 rings (SSSR count). The molecule has 1 heteroatoms. The van der Waals surface area contributed by atoms with Gasteiger partial charge in [-0.3, -0.25) is 0 Å². The molecule has 0 saturated carbocycles. The molecule has 0 atom stereocenters. The van der Waals surface area contributed by atoms with Gasteiger partial charge in [-0.05, 0) is 67.5 Å². The molecule has 0 aliphatic heterocycles. The molecule has 0 aliphatic carbocycles. The zero-order valence-electron chi connectivity index (χ0n) is 19.6. The monoisotopic (exact) mass is 379 g/mol. The molecule has 0 unspecified atom stereocenters. The van der Waals surface area contributed by atoms with Crippen molar-refractivity contribution in [1.82, 2.24) is 0 Å². The number of benzene rings is 2. The van der Waals surface area contributed by atoms with Crippen molar-refractivity contribution < 1.29 is 0 Å². The van der Waals surface area contributed by atoms with Crippen LogP contribution in [-0.2, 0) is 6.42 Å². The minimum absolute atomic E-state index is 0.833. The maximum Gasteiger partial charge on any atom is 0.0490 e. The first-order valence-corrected chi connectivity index (χ1v) is 10.6. The van der Waals surface area contributed by atoms with Gasteiger partial charge >= 0.3 is 0 Å². The average Bonchev–Trinajstić information content (AvgIpc) is 2.68. The van der Waals surface area contributed by atoms with Gasteiger partial charge in [0.15, 0.2) is 0 Å². The van der Waals surface area contributed by atoms with Gasteiger partial charge in [0.25, 0.3) is 0 Å². The van der Waals surface area contributed by atoms with Crippen LogP contribution in [0.1, 0.15) is 70.7 Å². The second-order valence-electron chi connectivity index (χ2n) is 7.44. The number of aryl methyl sites for hydroxylation is 3. The minimum atomic E-state index is 0.833. The van der Waals surface area contributed by atoms with Crippen LogP contribution in [0.2, 0.25) is 0 Å². The van der Waals surface area contributed by atoms with E-state index < -0.39 is 0 Å². The lowest BCUT2D eigenvalue weighted by atomic mass is 9.98. The van der Waals surface area contributed by atoms with Crippen molar-refractivity contribution >= 4 is 11.4 Å². The summed E-state index contributed by atoms with van der Waals surface area (Å²) >= 11 is 0. The van der Waals surface area contributed by atoms with Gasteiger partial charge in [-0.15, -0.1) is 0 Å². The van der Waals surface area contributed by atoms with Gasteiger partial charge < -0.3 is 5.32 Å². The fraction of sp³-hybridized carbons (Fsp3) is 0.407. The molecule has 0 saturated heterocycles. The van der Waals surface area contributed by atoms with Crippen molar-refractivity contribution in [3.8, 4) is 0 Å². The summed E-state index contributed by atoms with van der Waals surface area (Å²) in [5.41, 5.74) is 8.54. The van der Waals surface area contributed by atoms with Crippen LogP contribution in [0, 0.1) is 19.8 Å². The zero-order valence-corrected chi connectivity index (χ0v) is 19.6. The van der Waals surface area contributed by atoms with E-state index in [2.05, 4.69) is 103 Å². The molecular formula is C27H41N. The number of rotatable bonds is 5. The van der Waals surface area contributed by atoms with E-state index in [1.165, 1.54) is 22.3 Å². The fourth-order valence-electron chi connectivity index (χ4n) is 2.49. The summed E-state index contributed by atoms with van der Waals surface area (Å²) < 4.78 is 0. The molecule has 0 spiro atoms. The Bertz CT molecular complexity index is 748. The third-order valence-corrected chi connectivity index (χ3v) is 4.08. The Morgan fingerprint density at radius 1 is 1.00 bits per heavy atom. The molecule has 0 aromatic heterocycles. The summed E-state index contributed by atoms with van der Waals surface area (Å²) in [4.78, 5) is 0. The van der Waals surface area contributed by atoms with Crippen LogP contribution in [-0.4, -0.2) is 0 Å². The van der Waals surface area contributed by atoms with Crippen LogP contribution in [0.4, 0.5) is 5.69 Å². The maximum absolute atomic E-state index is 3.95. The molecule has 0 bridgehead atoms. The van der Waals surface area contributed by atoms with Crippen molar-refractivity contribution in [2.45, 2.75) is 68.7 Å². The van der Waals surface area contributed by atoms with Crippen LogP contribution in [0.15, 0.2) is 60.7 Å². The van der Waals surface area contributed by atoms with Crippen LogP contribution < -0.4 is 5.32 Å². The van der Waals surface area contributed by atoms with Crippen LogP contribution in [0.3, 0.4) is 0 Å². The van der Waals surface area contributed by atoms with Crippen molar-refractivity contribution in [2.24, 2.45) is 5.92 Å². The summed E-state index contributed by atoms with van der Waals surface area (Å²) in [6, 6.07) is 15.0. The first-order valence-electron chi connectivity index (χ1n) is 10.6. The summed E-state index contributed by atoms with van der Waals surface area (Å²) in [6.45, 7) is 23.0. The number of para-hydroxylation sites is 1. The van der Waals surface area contributed by atoms with E-state index in [-0.39, 0.29) is 0 Å². The van der Waals surface area contributed by atoms with Crippen molar-refractivity contribution in [2.75, 3.05) is 5.32 Å². The molecule has 2 aromatic rings. The molecule has 0 heterocycles. The lowest BCUT2D eigenvalue weighted by Crippen LogP contribution is -2.05. The normalized spacial score (nSPS) is 10.8. The van der Waals surface area contributed by atoms with E-state index in [1.54, 1.807) is 0 Å². The zero-order chi connectivity index (χ0) is 21.7. The van der Waals surface area contributed by atoms with Gasteiger partial charge in [0.05, 0.1) is 0 Å². The predicted octanol–water partition coefficient (Wildman–Crippen LogP) is 8.58.